The van der Waals surface area contributed by atoms with Crippen molar-refractivity contribution in [1.82, 2.24) is 15.5 Å². The van der Waals surface area contributed by atoms with Crippen LogP contribution in [-0.4, -0.2) is 62.3 Å². The van der Waals surface area contributed by atoms with Gasteiger partial charge in [-0.05, 0) is 26.7 Å². The van der Waals surface area contributed by atoms with Crippen LogP contribution in [0.4, 0.5) is 0 Å². The second kappa shape index (κ2) is 8.27. The third-order valence-electron chi connectivity index (χ3n) is 3.88. The van der Waals surface area contributed by atoms with Crippen molar-refractivity contribution in [3.8, 4) is 0 Å². The SMILES string of the molecule is CCNC(=NCC(C)N1CCOCC1)NC1CC=CC1. The first-order valence-electron chi connectivity index (χ1n) is 7.81. The van der Waals surface area contributed by atoms with Crippen LogP contribution in [0.2, 0.25) is 0 Å². The monoisotopic (exact) mass is 280 g/mol. The molecular weight excluding hydrogens is 252 g/mol. The minimum absolute atomic E-state index is 0.469. The average Bonchev–Trinajstić information content (AvgIpc) is 2.98. The Kier molecular flexibility index (Phi) is 6.33. The van der Waals surface area contributed by atoms with E-state index in [0.717, 1.165) is 58.2 Å². The highest BCUT2D eigenvalue weighted by molar-refractivity contribution is 5.80. The highest BCUT2D eigenvalue weighted by atomic mass is 16.5. The minimum Gasteiger partial charge on any atom is -0.379 e. The maximum atomic E-state index is 5.39. The van der Waals surface area contributed by atoms with Gasteiger partial charge in [-0.25, -0.2) is 0 Å². The Bertz CT molecular complexity index is 329. The molecule has 1 heterocycles. The highest BCUT2D eigenvalue weighted by Gasteiger charge is 2.17. The van der Waals surface area contributed by atoms with Gasteiger partial charge in [0, 0.05) is 31.7 Å². The smallest absolute Gasteiger partial charge is 0.191 e. The lowest BCUT2D eigenvalue weighted by atomic mass is 10.2. The molecule has 5 nitrogen and oxygen atoms in total. The third-order valence-corrected chi connectivity index (χ3v) is 3.88. The lowest BCUT2D eigenvalue weighted by molar-refractivity contribution is 0.0220. The van der Waals surface area contributed by atoms with Crippen LogP contribution in [0.3, 0.4) is 0 Å². The first-order chi connectivity index (χ1) is 9.79. The van der Waals surface area contributed by atoms with E-state index in [1.54, 1.807) is 0 Å². The first-order valence-corrected chi connectivity index (χ1v) is 7.81. The van der Waals surface area contributed by atoms with Crippen molar-refractivity contribution in [2.24, 2.45) is 4.99 Å². The predicted octanol–water partition coefficient (Wildman–Crippen LogP) is 0.981. The summed E-state index contributed by atoms with van der Waals surface area (Å²) in [5, 5.41) is 6.84. The van der Waals surface area contributed by atoms with Crippen LogP contribution in [0.5, 0.6) is 0 Å². The topological polar surface area (TPSA) is 48.9 Å². The van der Waals surface area contributed by atoms with E-state index >= 15 is 0 Å². The fourth-order valence-electron chi connectivity index (χ4n) is 2.61. The van der Waals surface area contributed by atoms with Gasteiger partial charge in [0.05, 0.1) is 19.8 Å². The van der Waals surface area contributed by atoms with E-state index in [-0.39, 0.29) is 0 Å². The standard InChI is InChI=1S/C15H28N4O/c1-3-16-15(18-14-6-4-5-7-14)17-12-13(2)19-8-10-20-11-9-19/h4-5,13-14H,3,6-12H2,1-2H3,(H2,16,17,18). The first kappa shape index (κ1) is 15.3. The van der Waals surface area contributed by atoms with Gasteiger partial charge in [0.25, 0.3) is 0 Å². The quantitative estimate of drug-likeness (QED) is 0.448. The second-order valence-electron chi connectivity index (χ2n) is 5.50. The Morgan fingerprint density at radius 3 is 2.70 bits per heavy atom. The number of morpholine rings is 1. The van der Waals surface area contributed by atoms with Gasteiger partial charge >= 0.3 is 0 Å². The highest BCUT2D eigenvalue weighted by Crippen LogP contribution is 2.09. The van der Waals surface area contributed by atoms with Crippen molar-refractivity contribution in [3.05, 3.63) is 12.2 Å². The van der Waals surface area contributed by atoms with E-state index in [1.165, 1.54) is 0 Å². The Hall–Kier alpha value is -1.07. The number of guanidine groups is 1. The molecule has 1 aliphatic carbocycles. The maximum Gasteiger partial charge on any atom is 0.191 e. The molecule has 114 valence electrons. The van der Waals surface area contributed by atoms with Gasteiger partial charge in [-0.2, -0.15) is 0 Å². The zero-order chi connectivity index (χ0) is 14.2. The number of hydrogen-bond donors (Lipinski definition) is 2. The normalized spacial score (nSPS) is 23.0. The fourth-order valence-corrected chi connectivity index (χ4v) is 2.61. The summed E-state index contributed by atoms with van der Waals surface area (Å²) in [6.45, 7) is 9.82. The zero-order valence-corrected chi connectivity index (χ0v) is 12.8. The van der Waals surface area contributed by atoms with E-state index in [0.29, 0.717) is 12.1 Å². The summed E-state index contributed by atoms with van der Waals surface area (Å²) in [6, 6.07) is 0.975. The molecule has 2 rings (SSSR count). The summed E-state index contributed by atoms with van der Waals surface area (Å²) >= 11 is 0. The molecule has 0 saturated carbocycles. The summed E-state index contributed by atoms with van der Waals surface area (Å²) in [7, 11) is 0. The van der Waals surface area contributed by atoms with Crippen molar-refractivity contribution in [1.29, 1.82) is 0 Å². The molecule has 5 heteroatoms. The van der Waals surface area contributed by atoms with E-state index in [1.807, 2.05) is 0 Å². The van der Waals surface area contributed by atoms with E-state index in [2.05, 4.69) is 41.5 Å². The Labute approximate surface area is 122 Å². The van der Waals surface area contributed by atoms with Crippen LogP contribution in [0, 0.1) is 0 Å². The molecule has 0 aromatic rings. The van der Waals surface area contributed by atoms with Gasteiger partial charge in [0.1, 0.15) is 0 Å². The molecule has 1 atom stereocenters. The number of ether oxygens (including phenoxy) is 1. The summed E-state index contributed by atoms with van der Waals surface area (Å²) in [6.07, 6.45) is 6.67. The van der Waals surface area contributed by atoms with Gasteiger partial charge in [-0.1, -0.05) is 12.2 Å². The molecule has 1 unspecified atom stereocenters. The largest absolute Gasteiger partial charge is 0.379 e. The molecule has 0 aromatic heterocycles. The molecule has 2 N–H and O–H groups in total. The van der Waals surface area contributed by atoms with Crippen LogP contribution in [-0.2, 0) is 4.74 Å². The summed E-state index contributed by atoms with van der Waals surface area (Å²) in [4.78, 5) is 7.19. The Balaban J connectivity index is 1.80. The molecule has 1 fully saturated rings. The zero-order valence-electron chi connectivity index (χ0n) is 12.8. The molecule has 0 bridgehead atoms. The molecule has 1 aliphatic heterocycles. The molecule has 0 aromatic carbocycles. The molecule has 0 spiro atoms. The van der Waals surface area contributed by atoms with Crippen LogP contribution in [0.1, 0.15) is 26.7 Å². The number of nitrogens with zero attached hydrogens (tertiary/aromatic N) is 2. The van der Waals surface area contributed by atoms with E-state index < -0.39 is 0 Å². The molecule has 1 saturated heterocycles. The van der Waals surface area contributed by atoms with Gasteiger partial charge < -0.3 is 15.4 Å². The van der Waals surface area contributed by atoms with Crippen LogP contribution >= 0.6 is 0 Å². The summed E-state index contributed by atoms with van der Waals surface area (Å²) in [5.41, 5.74) is 0. The van der Waals surface area contributed by atoms with Crippen molar-refractivity contribution in [3.63, 3.8) is 0 Å². The minimum atomic E-state index is 0.469. The third kappa shape index (κ3) is 4.80. The second-order valence-corrected chi connectivity index (χ2v) is 5.50. The summed E-state index contributed by atoms with van der Waals surface area (Å²) < 4.78 is 5.39. The molecular formula is C15H28N4O. The summed E-state index contributed by atoms with van der Waals surface area (Å²) in [5.74, 6) is 0.946. The van der Waals surface area contributed by atoms with Gasteiger partial charge in [0.15, 0.2) is 5.96 Å². The number of aliphatic imine (C=N–C) groups is 1. The van der Waals surface area contributed by atoms with Crippen molar-refractivity contribution >= 4 is 5.96 Å². The van der Waals surface area contributed by atoms with Gasteiger partial charge in [0.2, 0.25) is 0 Å². The lowest BCUT2D eigenvalue weighted by Crippen LogP contribution is -2.45. The molecule has 2 aliphatic rings. The number of rotatable bonds is 5. The van der Waals surface area contributed by atoms with E-state index in [9.17, 15) is 0 Å². The van der Waals surface area contributed by atoms with Crippen molar-refractivity contribution < 1.29 is 4.74 Å². The van der Waals surface area contributed by atoms with E-state index in [4.69, 9.17) is 9.73 Å². The van der Waals surface area contributed by atoms with Gasteiger partial charge in [-0.15, -0.1) is 0 Å². The average molecular weight is 280 g/mol. The van der Waals surface area contributed by atoms with Crippen LogP contribution in [0.15, 0.2) is 17.1 Å². The molecule has 20 heavy (non-hydrogen) atoms. The molecule has 0 radical (unpaired) electrons. The predicted molar refractivity (Wildman–Crippen MR) is 83.1 cm³/mol. The Morgan fingerprint density at radius 2 is 2.05 bits per heavy atom. The van der Waals surface area contributed by atoms with Crippen molar-refractivity contribution in [2.45, 2.75) is 38.8 Å². The van der Waals surface area contributed by atoms with Crippen LogP contribution in [0.25, 0.3) is 0 Å². The lowest BCUT2D eigenvalue weighted by Gasteiger charge is -2.31. The van der Waals surface area contributed by atoms with Crippen molar-refractivity contribution in [2.75, 3.05) is 39.4 Å². The fraction of sp³-hybridized carbons (Fsp3) is 0.800. The number of nitrogens with one attached hydrogen (secondary N) is 2. The van der Waals surface area contributed by atoms with Crippen LogP contribution < -0.4 is 10.6 Å². The Morgan fingerprint density at radius 1 is 1.35 bits per heavy atom. The number of hydrogen-bond acceptors (Lipinski definition) is 3. The molecule has 0 amide bonds. The maximum absolute atomic E-state index is 5.39. The van der Waals surface area contributed by atoms with Gasteiger partial charge in [-0.3, -0.25) is 9.89 Å².